The van der Waals surface area contributed by atoms with Gasteiger partial charge >= 0.3 is 0 Å². The summed E-state index contributed by atoms with van der Waals surface area (Å²) in [6.07, 6.45) is 4.53. The van der Waals surface area contributed by atoms with E-state index in [2.05, 4.69) is 66.3 Å². The van der Waals surface area contributed by atoms with E-state index >= 15 is 0 Å². The third kappa shape index (κ3) is 3.85. The third-order valence-corrected chi connectivity index (χ3v) is 6.35. The van der Waals surface area contributed by atoms with Crippen molar-refractivity contribution in [1.82, 2.24) is 19.5 Å². The quantitative estimate of drug-likeness (QED) is 0.688. The predicted octanol–water partition coefficient (Wildman–Crippen LogP) is 3.39. The molecule has 0 spiro atoms. The Kier molecular flexibility index (Phi) is 5.42. The van der Waals surface area contributed by atoms with Crippen LogP contribution in [-0.2, 0) is 0 Å². The smallest absolute Gasteiger partial charge is 0.165 e. The molecule has 2 atom stereocenters. The lowest BCUT2D eigenvalue weighted by Crippen LogP contribution is -2.35. The van der Waals surface area contributed by atoms with Crippen LogP contribution in [-0.4, -0.2) is 52.8 Å². The van der Waals surface area contributed by atoms with Crippen molar-refractivity contribution in [2.75, 3.05) is 38.7 Å². The molecule has 142 valence electrons. The summed E-state index contributed by atoms with van der Waals surface area (Å²) < 4.78 is 1.97. The predicted molar refractivity (Wildman–Crippen MR) is 116 cm³/mol. The van der Waals surface area contributed by atoms with Gasteiger partial charge in [-0.2, -0.15) is 9.61 Å². The molecule has 3 aromatic rings. The summed E-state index contributed by atoms with van der Waals surface area (Å²) in [6, 6.07) is 10.6. The van der Waals surface area contributed by atoms with Gasteiger partial charge < -0.3 is 10.2 Å². The zero-order valence-corrected chi connectivity index (χ0v) is 17.4. The van der Waals surface area contributed by atoms with Crippen molar-refractivity contribution in [1.29, 1.82) is 0 Å². The molecule has 1 aliphatic rings. The number of piperidine rings is 1. The van der Waals surface area contributed by atoms with Crippen molar-refractivity contribution >= 4 is 25.4 Å². The Morgan fingerprint density at radius 3 is 2.93 bits per heavy atom. The third-order valence-electron chi connectivity index (χ3n) is 5.46. The summed E-state index contributed by atoms with van der Waals surface area (Å²) in [6.45, 7) is 7.68. The van der Waals surface area contributed by atoms with Crippen molar-refractivity contribution in [2.24, 2.45) is 5.92 Å². The number of benzene rings is 1. The van der Waals surface area contributed by atoms with Crippen LogP contribution in [0.3, 0.4) is 0 Å². The molecule has 0 aliphatic carbocycles. The highest BCUT2D eigenvalue weighted by atomic mass is 31.1. The maximum atomic E-state index is 4.96. The molecule has 1 aromatic carbocycles. The summed E-state index contributed by atoms with van der Waals surface area (Å²) in [4.78, 5) is 7.40. The second-order valence-electron chi connectivity index (χ2n) is 7.54. The van der Waals surface area contributed by atoms with Gasteiger partial charge in [0.15, 0.2) is 5.65 Å². The standard InChI is InChI=1S/C21H28N5P/c1-15-7-4-5-9-17(15)18-11-20(22-12-16-8-6-10-25(2)14-16)26-21(24-18)19(27-3)13-23-26/h4-5,7,9,11,13,16,22,27H,6,8,10,12,14H2,1-3H3. The maximum absolute atomic E-state index is 4.96. The van der Waals surface area contributed by atoms with E-state index in [9.17, 15) is 0 Å². The van der Waals surface area contributed by atoms with Crippen molar-refractivity contribution in [2.45, 2.75) is 19.8 Å². The van der Waals surface area contributed by atoms with Crippen molar-refractivity contribution in [3.63, 3.8) is 0 Å². The lowest BCUT2D eigenvalue weighted by Gasteiger charge is -2.30. The number of nitrogens with one attached hydrogen (secondary N) is 1. The number of fused-ring (bicyclic) bond motifs is 1. The van der Waals surface area contributed by atoms with Crippen LogP contribution in [0, 0.1) is 12.8 Å². The molecule has 1 fully saturated rings. The minimum atomic E-state index is 0.678. The monoisotopic (exact) mass is 381 g/mol. The Hall–Kier alpha value is -1.97. The van der Waals surface area contributed by atoms with E-state index < -0.39 is 0 Å². The molecule has 1 saturated heterocycles. The van der Waals surface area contributed by atoms with Gasteiger partial charge in [0.25, 0.3) is 0 Å². The van der Waals surface area contributed by atoms with Crippen LogP contribution in [0.4, 0.5) is 5.82 Å². The van der Waals surface area contributed by atoms with Crippen LogP contribution >= 0.6 is 8.58 Å². The van der Waals surface area contributed by atoms with E-state index in [0.29, 0.717) is 14.5 Å². The number of aromatic nitrogens is 3. The lowest BCUT2D eigenvalue weighted by molar-refractivity contribution is 0.217. The average molecular weight is 381 g/mol. The highest BCUT2D eigenvalue weighted by molar-refractivity contribution is 7.46. The largest absolute Gasteiger partial charge is 0.370 e. The van der Waals surface area contributed by atoms with Crippen molar-refractivity contribution < 1.29 is 0 Å². The Labute approximate surface area is 163 Å². The van der Waals surface area contributed by atoms with Crippen LogP contribution in [0.25, 0.3) is 16.9 Å². The lowest BCUT2D eigenvalue weighted by atomic mass is 9.98. The molecule has 0 radical (unpaired) electrons. The van der Waals surface area contributed by atoms with E-state index in [-0.39, 0.29) is 0 Å². The van der Waals surface area contributed by atoms with Crippen LogP contribution in [0.2, 0.25) is 0 Å². The molecule has 0 amide bonds. The van der Waals surface area contributed by atoms with E-state index in [1.54, 1.807) is 0 Å². The average Bonchev–Trinajstić information content (AvgIpc) is 3.09. The molecule has 0 saturated carbocycles. The molecule has 1 N–H and O–H groups in total. The molecule has 1 aliphatic heterocycles. The SMILES string of the molecule is CPc1cnn2c(NCC3CCCN(C)C3)cc(-c3ccccc3C)nc12. The summed E-state index contributed by atoms with van der Waals surface area (Å²) in [5.74, 6) is 1.72. The van der Waals surface area contributed by atoms with Gasteiger partial charge in [-0.15, -0.1) is 0 Å². The zero-order chi connectivity index (χ0) is 18.8. The van der Waals surface area contributed by atoms with Gasteiger partial charge in [0, 0.05) is 30.0 Å². The number of likely N-dealkylation sites (tertiary alicyclic amines) is 1. The fraction of sp³-hybridized carbons (Fsp3) is 0.429. The summed E-state index contributed by atoms with van der Waals surface area (Å²) in [7, 11) is 2.90. The zero-order valence-electron chi connectivity index (χ0n) is 16.4. The van der Waals surface area contributed by atoms with Crippen molar-refractivity contribution in [3.05, 3.63) is 42.1 Å². The van der Waals surface area contributed by atoms with Crippen LogP contribution in [0.15, 0.2) is 36.5 Å². The summed E-state index contributed by atoms with van der Waals surface area (Å²) >= 11 is 0. The fourth-order valence-corrected chi connectivity index (χ4v) is 4.52. The number of hydrogen-bond acceptors (Lipinski definition) is 4. The molecule has 5 nitrogen and oxygen atoms in total. The number of nitrogens with zero attached hydrogens (tertiary/aromatic N) is 4. The van der Waals surface area contributed by atoms with E-state index in [1.807, 2.05) is 10.7 Å². The van der Waals surface area contributed by atoms with Gasteiger partial charge in [-0.05, 0) is 51.5 Å². The molecule has 6 heteroatoms. The molecular formula is C21H28N5P. The number of rotatable bonds is 5. The first kappa shape index (κ1) is 18.4. The Bertz CT molecular complexity index is 935. The second kappa shape index (κ2) is 7.95. The van der Waals surface area contributed by atoms with Gasteiger partial charge in [-0.3, -0.25) is 0 Å². The highest BCUT2D eigenvalue weighted by Gasteiger charge is 2.18. The minimum absolute atomic E-state index is 0.678. The van der Waals surface area contributed by atoms with Gasteiger partial charge in [0.1, 0.15) is 5.82 Å². The molecule has 27 heavy (non-hydrogen) atoms. The second-order valence-corrected chi connectivity index (χ2v) is 8.58. The van der Waals surface area contributed by atoms with Crippen molar-refractivity contribution in [3.8, 4) is 11.3 Å². The molecule has 3 heterocycles. The number of anilines is 1. The Morgan fingerprint density at radius 1 is 1.30 bits per heavy atom. The Morgan fingerprint density at radius 2 is 2.15 bits per heavy atom. The van der Waals surface area contributed by atoms with Crippen LogP contribution in [0.1, 0.15) is 18.4 Å². The van der Waals surface area contributed by atoms with Crippen LogP contribution < -0.4 is 10.6 Å². The van der Waals surface area contributed by atoms with Gasteiger partial charge in [0.2, 0.25) is 0 Å². The van der Waals surface area contributed by atoms with E-state index in [0.717, 1.165) is 30.2 Å². The molecule has 2 unspecified atom stereocenters. The van der Waals surface area contributed by atoms with E-state index in [4.69, 9.17) is 4.98 Å². The number of hydrogen-bond donors (Lipinski definition) is 1. The fourth-order valence-electron chi connectivity index (χ4n) is 3.95. The van der Waals surface area contributed by atoms with Gasteiger partial charge in [0.05, 0.1) is 11.9 Å². The normalized spacial score (nSPS) is 18.6. The van der Waals surface area contributed by atoms with Crippen LogP contribution in [0.5, 0.6) is 0 Å². The molecular weight excluding hydrogens is 353 g/mol. The summed E-state index contributed by atoms with van der Waals surface area (Å²) in [5, 5.41) is 9.51. The first-order valence-corrected chi connectivity index (χ1v) is 11.2. The Balaban J connectivity index is 1.70. The first-order chi connectivity index (χ1) is 13.2. The number of aryl methyl sites for hydroxylation is 1. The van der Waals surface area contributed by atoms with Gasteiger partial charge in [-0.25, -0.2) is 4.98 Å². The maximum Gasteiger partial charge on any atom is 0.165 e. The topological polar surface area (TPSA) is 45.5 Å². The van der Waals surface area contributed by atoms with Gasteiger partial charge in [-0.1, -0.05) is 32.8 Å². The highest BCUT2D eigenvalue weighted by Crippen LogP contribution is 2.26. The molecule has 0 bridgehead atoms. The first-order valence-electron chi connectivity index (χ1n) is 9.70. The minimum Gasteiger partial charge on any atom is -0.370 e. The van der Waals surface area contributed by atoms with E-state index in [1.165, 1.54) is 35.8 Å². The summed E-state index contributed by atoms with van der Waals surface area (Å²) in [5.41, 5.74) is 4.42. The molecule has 4 rings (SSSR count). The molecule has 2 aromatic heterocycles.